The first-order valence-corrected chi connectivity index (χ1v) is 11.5. The summed E-state index contributed by atoms with van der Waals surface area (Å²) in [7, 11) is -3.51. The number of hydrogen-bond donors (Lipinski definition) is 2. The van der Waals surface area contributed by atoms with Crippen molar-refractivity contribution in [2.45, 2.75) is 38.2 Å². The van der Waals surface area contributed by atoms with Gasteiger partial charge in [0, 0.05) is 6.20 Å². The smallest absolute Gasteiger partial charge is 0.309 e. The second kappa shape index (κ2) is 9.30. The SMILES string of the molecule is CC(C)(CCCS(=O)(=O)c1cccc(COc2ccc(-c3ccn[nH]3)nc2)c1)C(=O)O. The number of nitrogens with zero attached hydrogens (tertiary/aromatic N) is 2. The molecular weight excluding hydrogens is 418 g/mol. The van der Waals surface area contributed by atoms with Gasteiger partial charge in [-0.1, -0.05) is 12.1 Å². The average Bonchev–Trinajstić information content (AvgIpc) is 3.27. The van der Waals surface area contributed by atoms with Gasteiger partial charge in [0.05, 0.1) is 33.6 Å². The number of carbonyl (C=O) groups is 1. The van der Waals surface area contributed by atoms with E-state index in [0.717, 1.165) is 11.4 Å². The minimum Gasteiger partial charge on any atom is -0.487 e. The summed E-state index contributed by atoms with van der Waals surface area (Å²) >= 11 is 0. The lowest BCUT2D eigenvalue weighted by Crippen LogP contribution is -2.24. The van der Waals surface area contributed by atoms with Crippen LogP contribution in [0.1, 0.15) is 32.3 Å². The fraction of sp³-hybridized carbons (Fsp3) is 0.318. The Kier molecular flexibility index (Phi) is 6.74. The molecule has 164 valence electrons. The number of aromatic amines is 1. The number of carboxylic acid groups (broad SMARTS) is 1. The maximum Gasteiger partial charge on any atom is 0.309 e. The lowest BCUT2D eigenvalue weighted by atomic mass is 9.88. The zero-order chi connectivity index (χ0) is 22.5. The number of carboxylic acids is 1. The maximum atomic E-state index is 12.7. The van der Waals surface area contributed by atoms with E-state index in [2.05, 4.69) is 15.2 Å². The lowest BCUT2D eigenvalue weighted by Gasteiger charge is -2.18. The van der Waals surface area contributed by atoms with Crippen molar-refractivity contribution < 1.29 is 23.1 Å². The predicted octanol–water partition coefficient (Wildman–Crippen LogP) is 3.72. The molecule has 0 spiro atoms. The van der Waals surface area contributed by atoms with Crippen molar-refractivity contribution in [3.05, 3.63) is 60.4 Å². The van der Waals surface area contributed by atoms with Crippen molar-refractivity contribution in [2.24, 2.45) is 5.41 Å². The van der Waals surface area contributed by atoms with Crippen LogP contribution in [0.15, 0.2) is 59.8 Å². The van der Waals surface area contributed by atoms with E-state index in [1.165, 1.54) is 0 Å². The molecule has 2 aromatic heterocycles. The third-order valence-corrected chi connectivity index (χ3v) is 6.77. The highest BCUT2D eigenvalue weighted by Gasteiger charge is 2.27. The molecule has 1 aromatic carbocycles. The second-order valence-corrected chi connectivity index (χ2v) is 10.0. The minimum atomic E-state index is -3.51. The van der Waals surface area contributed by atoms with Crippen LogP contribution < -0.4 is 4.74 Å². The molecule has 31 heavy (non-hydrogen) atoms. The van der Waals surface area contributed by atoms with E-state index in [9.17, 15) is 13.2 Å². The van der Waals surface area contributed by atoms with Crippen LogP contribution >= 0.6 is 0 Å². The van der Waals surface area contributed by atoms with Crippen molar-refractivity contribution >= 4 is 15.8 Å². The Balaban J connectivity index is 1.60. The number of H-pyrrole nitrogens is 1. The molecule has 9 heteroatoms. The molecule has 8 nitrogen and oxygen atoms in total. The van der Waals surface area contributed by atoms with Gasteiger partial charge in [-0.2, -0.15) is 5.10 Å². The van der Waals surface area contributed by atoms with Gasteiger partial charge < -0.3 is 9.84 Å². The van der Waals surface area contributed by atoms with E-state index in [1.54, 1.807) is 56.6 Å². The van der Waals surface area contributed by atoms with Crippen LogP contribution in [0.2, 0.25) is 0 Å². The van der Waals surface area contributed by atoms with E-state index in [-0.39, 0.29) is 30.1 Å². The largest absolute Gasteiger partial charge is 0.487 e. The summed E-state index contributed by atoms with van der Waals surface area (Å²) in [6.07, 6.45) is 3.80. The molecule has 0 radical (unpaired) electrons. The van der Waals surface area contributed by atoms with Crippen molar-refractivity contribution in [3.8, 4) is 17.1 Å². The molecule has 0 aliphatic heterocycles. The van der Waals surface area contributed by atoms with Crippen LogP contribution in [0.5, 0.6) is 5.75 Å². The number of rotatable bonds is 10. The van der Waals surface area contributed by atoms with Crippen molar-refractivity contribution in [2.75, 3.05) is 5.75 Å². The van der Waals surface area contributed by atoms with Gasteiger partial charge in [-0.25, -0.2) is 8.42 Å². The van der Waals surface area contributed by atoms with E-state index in [0.29, 0.717) is 11.3 Å². The number of nitrogens with one attached hydrogen (secondary N) is 1. The van der Waals surface area contributed by atoms with Crippen molar-refractivity contribution in [3.63, 3.8) is 0 Å². The fourth-order valence-corrected chi connectivity index (χ4v) is 4.32. The molecule has 3 aromatic rings. The van der Waals surface area contributed by atoms with Crippen molar-refractivity contribution in [1.29, 1.82) is 0 Å². The maximum absolute atomic E-state index is 12.7. The van der Waals surface area contributed by atoms with Gasteiger partial charge in [0.2, 0.25) is 0 Å². The highest BCUT2D eigenvalue weighted by Crippen LogP contribution is 2.24. The Labute approximate surface area is 181 Å². The zero-order valence-electron chi connectivity index (χ0n) is 17.4. The normalized spacial score (nSPS) is 11.9. The first kappa shape index (κ1) is 22.5. The molecule has 0 aliphatic carbocycles. The Bertz CT molecular complexity index is 1120. The minimum absolute atomic E-state index is 0.104. The van der Waals surface area contributed by atoms with Gasteiger partial charge in [0.1, 0.15) is 12.4 Å². The molecule has 0 aliphatic rings. The first-order chi connectivity index (χ1) is 14.7. The number of hydrogen-bond acceptors (Lipinski definition) is 6. The molecule has 0 amide bonds. The van der Waals surface area contributed by atoms with E-state index >= 15 is 0 Å². The standard InChI is InChI=1S/C22H25N3O5S/c1-22(2,21(26)27)10-4-12-31(28,29)18-6-3-5-16(13-18)15-30-17-7-8-19(23-14-17)20-9-11-24-25-20/h3,5-9,11,13-14H,4,10,12,15H2,1-2H3,(H,24,25)(H,26,27). The van der Waals surface area contributed by atoms with Crippen LogP contribution in [0, 0.1) is 5.41 Å². The number of aromatic nitrogens is 3. The second-order valence-electron chi connectivity index (χ2n) is 7.90. The molecule has 2 heterocycles. The van der Waals surface area contributed by atoms with Crippen LogP contribution in [0.3, 0.4) is 0 Å². The monoisotopic (exact) mass is 443 g/mol. The third kappa shape index (κ3) is 5.91. The predicted molar refractivity (Wildman–Crippen MR) is 115 cm³/mol. The van der Waals surface area contributed by atoms with Crippen LogP contribution in [-0.4, -0.2) is 40.4 Å². The highest BCUT2D eigenvalue weighted by atomic mass is 32.2. The van der Waals surface area contributed by atoms with Crippen LogP contribution in [0.4, 0.5) is 0 Å². The molecule has 0 unspecified atom stereocenters. The summed E-state index contributed by atoms with van der Waals surface area (Å²) in [6.45, 7) is 3.38. The third-order valence-electron chi connectivity index (χ3n) is 4.97. The number of benzene rings is 1. The summed E-state index contributed by atoms with van der Waals surface area (Å²) in [6, 6.07) is 12.0. The highest BCUT2D eigenvalue weighted by molar-refractivity contribution is 7.91. The van der Waals surface area contributed by atoms with Gasteiger partial charge in [0.25, 0.3) is 0 Å². The van der Waals surface area contributed by atoms with E-state index in [4.69, 9.17) is 9.84 Å². The lowest BCUT2D eigenvalue weighted by molar-refractivity contribution is -0.147. The topological polar surface area (TPSA) is 122 Å². The number of sulfone groups is 1. The van der Waals surface area contributed by atoms with Gasteiger partial charge in [-0.05, 0) is 62.6 Å². The molecule has 3 rings (SSSR count). The number of aliphatic carboxylic acids is 1. The number of pyridine rings is 1. The van der Waals surface area contributed by atoms with E-state index < -0.39 is 21.2 Å². The molecule has 0 fully saturated rings. The summed E-state index contributed by atoms with van der Waals surface area (Å²) < 4.78 is 31.1. The Morgan fingerprint density at radius 3 is 2.65 bits per heavy atom. The molecule has 0 atom stereocenters. The zero-order valence-corrected chi connectivity index (χ0v) is 18.2. The Morgan fingerprint density at radius 2 is 2.00 bits per heavy atom. The van der Waals surface area contributed by atoms with Crippen molar-refractivity contribution in [1.82, 2.24) is 15.2 Å². The van der Waals surface area contributed by atoms with Gasteiger partial charge in [0.15, 0.2) is 9.84 Å². The summed E-state index contributed by atoms with van der Waals surface area (Å²) in [5, 5.41) is 15.9. The average molecular weight is 444 g/mol. The summed E-state index contributed by atoms with van der Waals surface area (Å²) in [4.78, 5) is 15.7. The quantitative estimate of drug-likeness (QED) is 0.490. The molecular formula is C22H25N3O5S. The Hall–Kier alpha value is -3.20. The number of ether oxygens (including phenoxy) is 1. The molecule has 0 saturated carbocycles. The summed E-state index contributed by atoms with van der Waals surface area (Å²) in [5.41, 5.74) is 1.30. The van der Waals surface area contributed by atoms with Crippen LogP contribution in [-0.2, 0) is 21.2 Å². The summed E-state index contributed by atoms with van der Waals surface area (Å²) in [5.74, 6) is -0.476. The first-order valence-electron chi connectivity index (χ1n) is 9.81. The van der Waals surface area contributed by atoms with Crippen LogP contribution in [0.25, 0.3) is 11.4 Å². The molecule has 0 bridgehead atoms. The fourth-order valence-electron chi connectivity index (χ4n) is 2.95. The molecule has 0 saturated heterocycles. The van der Waals surface area contributed by atoms with E-state index in [1.807, 2.05) is 12.1 Å². The van der Waals surface area contributed by atoms with Gasteiger partial charge in [-0.15, -0.1) is 0 Å². The molecule has 2 N–H and O–H groups in total. The Morgan fingerprint density at radius 1 is 1.19 bits per heavy atom. The van der Waals surface area contributed by atoms with Gasteiger partial charge in [-0.3, -0.25) is 14.9 Å². The van der Waals surface area contributed by atoms with Gasteiger partial charge >= 0.3 is 5.97 Å².